The molecule has 31 heavy (non-hydrogen) atoms. The summed E-state index contributed by atoms with van der Waals surface area (Å²) in [4.78, 5) is 11.8. The highest BCUT2D eigenvalue weighted by Gasteiger charge is 2.38. The van der Waals surface area contributed by atoms with Gasteiger partial charge in [-0.2, -0.15) is 10.5 Å². The van der Waals surface area contributed by atoms with Gasteiger partial charge in [0.05, 0.1) is 5.57 Å². The first-order valence-electron chi connectivity index (χ1n) is 10.1. The summed E-state index contributed by atoms with van der Waals surface area (Å²) in [6.07, 6.45) is 4.42. The molecule has 1 aromatic heterocycles. The number of nitriles is 2. The fraction of sp³-hybridized carbons (Fsp3) is 0.192. The van der Waals surface area contributed by atoms with Crippen molar-refractivity contribution < 1.29 is 9.53 Å². The highest BCUT2D eigenvalue weighted by Crippen LogP contribution is 2.40. The van der Waals surface area contributed by atoms with Gasteiger partial charge in [-0.3, -0.25) is 4.79 Å². The molecule has 0 saturated heterocycles. The van der Waals surface area contributed by atoms with Crippen molar-refractivity contribution in [2.75, 3.05) is 0 Å². The molecule has 5 heteroatoms. The molecule has 0 unspecified atom stereocenters. The molecule has 0 amide bonds. The van der Waals surface area contributed by atoms with E-state index < -0.39 is 5.60 Å². The number of aldehydes is 1. The van der Waals surface area contributed by atoms with Crippen LogP contribution in [0.25, 0.3) is 27.9 Å². The second kappa shape index (κ2) is 7.63. The lowest BCUT2D eigenvalue weighted by atomic mass is 9.94. The summed E-state index contributed by atoms with van der Waals surface area (Å²) in [5.41, 5.74) is 3.21. The van der Waals surface area contributed by atoms with E-state index in [9.17, 15) is 15.3 Å². The first-order chi connectivity index (χ1) is 14.9. The van der Waals surface area contributed by atoms with E-state index in [1.807, 2.05) is 56.3 Å². The van der Waals surface area contributed by atoms with Crippen molar-refractivity contribution in [3.63, 3.8) is 0 Å². The van der Waals surface area contributed by atoms with Gasteiger partial charge in [0.2, 0.25) is 0 Å². The fourth-order valence-corrected chi connectivity index (χ4v) is 4.23. The third-order valence-corrected chi connectivity index (χ3v) is 5.66. The zero-order chi connectivity index (χ0) is 22.2. The third-order valence-electron chi connectivity index (χ3n) is 5.66. The van der Waals surface area contributed by atoms with Crippen molar-refractivity contribution in [3.8, 4) is 12.1 Å². The summed E-state index contributed by atoms with van der Waals surface area (Å²) in [5, 5.41) is 20.8. The zero-order valence-electron chi connectivity index (χ0n) is 17.6. The molecule has 1 aliphatic heterocycles. The Bertz CT molecular complexity index is 1390. The van der Waals surface area contributed by atoms with E-state index in [4.69, 9.17) is 4.74 Å². The van der Waals surface area contributed by atoms with E-state index in [0.29, 0.717) is 11.9 Å². The molecule has 0 spiro atoms. The maximum atomic E-state index is 11.8. The minimum absolute atomic E-state index is 0.0473. The minimum Gasteiger partial charge on any atom is -0.480 e. The molecule has 1 aliphatic rings. The minimum atomic E-state index is -0.830. The Kier molecular flexibility index (Phi) is 4.97. The van der Waals surface area contributed by atoms with Crippen LogP contribution in [0.15, 0.2) is 71.0 Å². The summed E-state index contributed by atoms with van der Waals surface area (Å²) in [5.74, 6) is 0.0473. The lowest BCUT2D eigenvalue weighted by Crippen LogP contribution is -2.20. The van der Waals surface area contributed by atoms with Gasteiger partial charge in [0, 0.05) is 33.9 Å². The van der Waals surface area contributed by atoms with Crippen LogP contribution in [-0.4, -0.2) is 16.5 Å². The Balaban J connectivity index is 1.84. The largest absolute Gasteiger partial charge is 0.480 e. The predicted octanol–water partition coefficient (Wildman–Crippen LogP) is 5.43. The van der Waals surface area contributed by atoms with Gasteiger partial charge in [-0.05, 0) is 44.5 Å². The molecule has 0 bridgehead atoms. The van der Waals surface area contributed by atoms with Gasteiger partial charge in [0.1, 0.15) is 17.7 Å². The number of benzene rings is 2. The molecule has 0 fully saturated rings. The Hall–Kier alpha value is -4.09. The molecule has 152 valence electrons. The van der Waals surface area contributed by atoms with E-state index in [1.54, 1.807) is 0 Å². The summed E-state index contributed by atoms with van der Waals surface area (Å²) >= 11 is 0. The van der Waals surface area contributed by atoms with E-state index in [0.717, 1.165) is 12.1 Å². The number of aromatic nitrogens is 1. The molecule has 0 radical (unpaired) electrons. The summed E-state index contributed by atoms with van der Waals surface area (Å²) in [6, 6.07) is 18.2. The standard InChI is InChI=1S/C26H21N3O2/c1-4-29-23-8-6-5-7-19(23)20-13-17(10-12-24(20)29)9-11-22-21(16-30)25(18(14-27)15-28)31-26(22,2)3/h5-13,16H,4H2,1-3H3/b11-9+. The third kappa shape index (κ3) is 3.21. The Morgan fingerprint density at radius 2 is 1.77 bits per heavy atom. The van der Waals surface area contributed by atoms with Gasteiger partial charge >= 0.3 is 0 Å². The lowest BCUT2D eigenvalue weighted by Gasteiger charge is -2.20. The molecule has 0 N–H and O–H groups in total. The number of para-hydroxylation sites is 1. The van der Waals surface area contributed by atoms with Crippen molar-refractivity contribution in [1.82, 2.24) is 4.57 Å². The molecular weight excluding hydrogens is 386 g/mol. The van der Waals surface area contributed by atoms with Crippen LogP contribution in [-0.2, 0) is 16.1 Å². The highest BCUT2D eigenvalue weighted by molar-refractivity contribution is 6.08. The second-order valence-corrected chi connectivity index (χ2v) is 7.86. The van der Waals surface area contributed by atoms with Crippen molar-refractivity contribution in [2.24, 2.45) is 0 Å². The predicted molar refractivity (Wildman–Crippen MR) is 121 cm³/mol. The Morgan fingerprint density at radius 3 is 2.45 bits per heavy atom. The molecule has 4 rings (SSSR count). The number of nitrogens with zero attached hydrogens (tertiary/aromatic N) is 3. The molecule has 0 saturated carbocycles. The number of rotatable bonds is 4. The molecule has 2 aromatic carbocycles. The van der Waals surface area contributed by atoms with Crippen LogP contribution in [0.5, 0.6) is 0 Å². The van der Waals surface area contributed by atoms with E-state index >= 15 is 0 Å². The topological polar surface area (TPSA) is 78.8 Å². The van der Waals surface area contributed by atoms with Crippen LogP contribution in [0, 0.1) is 22.7 Å². The van der Waals surface area contributed by atoms with Gasteiger partial charge in [0.15, 0.2) is 17.6 Å². The van der Waals surface area contributed by atoms with Crippen LogP contribution in [0.4, 0.5) is 0 Å². The number of hydrogen-bond acceptors (Lipinski definition) is 4. The van der Waals surface area contributed by atoms with Crippen molar-refractivity contribution in [3.05, 3.63) is 76.6 Å². The van der Waals surface area contributed by atoms with Crippen LogP contribution in [0.2, 0.25) is 0 Å². The van der Waals surface area contributed by atoms with Crippen molar-refractivity contribution in [1.29, 1.82) is 10.5 Å². The maximum Gasteiger partial charge on any atom is 0.172 e. The van der Waals surface area contributed by atoms with E-state index in [-0.39, 0.29) is 16.9 Å². The van der Waals surface area contributed by atoms with Crippen LogP contribution in [0.1, 0.15) is 26.3 Å². The second-order valence-electron chi connectivity index (χ2n) is 7.86. The molecule has 0 aliphatic carbocycles. The normalized spacial score (nSPS) is 15.3. The van der Waals surface area contributed by atoms with Gasteiger partial charge in [-0.15, -0.1) is 0 Å². The first kappa shape index (κ1) is 20.2. The molecule has 2 heterocycles. The fourth-order valence-electron chi connectivity index (χ4n) is 4.23. The molecule has 3 aromatic rings. The summed E-state index contributed by atoms with van der Waals surface area (Å²) < 4.78 is 8.11. The van der Waals surface area contributed by atoms with Crippen molar-refractivity contribution >= 4 is 34.2 Å². The van der Waals surface area contributed by atoms with Crippen LogP contribution < -0.4 is 0 Å². The number of aryl methyl sites for hydroxylation is 1. The highest BCUT2D eigenvalue weighted by atomic mass is 16.5. The van der Waals surface area contributed by atoms with Crippen LogP contribution >= 0.6 is 0 Å². The number of fused-ring (bicyclic) bond motifs is 3. The smallest absolute Gasteiger partial charge is 0.172 e. The van der Waals surface area contributed by atoms with Gasteiger partial charge < -0.3 is 9.30 Å². The molecule has 5 nitrogen and oxygen atoms in total. The average molecular weight is 407 g/mol. The number of allylic oxidation sites excluding steroid dienone is 2. The zero-order valence-corrected chi connectivity index (χ0v) is 17.6. The number of hydrogen-bond donors (Lipinski definition) is 0. The number of carbonyl (C=O) groups is 1. The van der Waals surface area contributed by atoms with E-state index in [1.165, 1.54) is 21.8 Å². The van der Waals surface area contributed by atoms with E-state index in [2.05, 4.69) is 35.8 Å². The summed E-state index contributed by atoms with van der Waals surface area (Å²) in [6.45, 7) is 6.65. The maximum absolute atomic E-state index is 11.8. The molecule has 0 atom stereocenters. The first-order valence-corrected chi connectivity index (χ1v) is 10.1. The van der Waals surface area contributed by atoms with Gasteiger partial charge in [-0.25, -0.2) is 0 Å². The lowest BCUT2D eigenvalue weighted by molar-refractivity contribution is -0.104. The Labute approximate surface area is 180 Å². The quantitative estimate of drug-likeness (QED) is 0.426. The molecular formula is C26H21N3O2. The SMILES string of the molecule is CCn1c2ccccc2c2cc(/C=C/C3=C(C=O)C(=C(C#N)C#N)OC3(C)C)ccc21. The van der Waals surface area contributed by atoms with Gasteiger partial charge in [-0.1, -0.05) is 36.4 Å². The summed E-state index contributed by atoms with van der Waals surface area (Å²) in [7, 11) is 0. The van der Waals surface area contributed by atoms with Crippen molar-refractivity contribution in [2.45, 2.75) is 32.9 Å². The average Bonchev–Trinajstić information content (AvgIpc) is 3.23. The van der Waals surface area contributed by atoms with Crippen LogP contribution in [0.3, 0.4) is 0 Å². The van der Waals surface area contributed by atoms with Gasteiger partial charge in [0.25, 0.3) is 0 Å². The number of carbonyl (C=O) groups excluding carboxylic acids is 1. The Morgan fingerprint density at radius 1 is 1.06 bits per heavy atom. The monoisotopic (exact) mass is 407 g/mol. The number of ether oxygens (including phenoxy) is 1.